The van der Waals surface area contributed by atoms with E-state index < -0.39 is 33.8 Å². The number of carbonyl (C=O) groups is 1. The van der Waals surface area contributed by atoms with Gasteiger partial charge in [-0.15, -0.1) is 4.83 Å². The van der Waals surface area contributed by atoms with E-state index in [4.69, 9.17) is 0 Å². The van der Waals surface area contributed by atoms with Gasteiger partial charge in [-0.25, -0.2) is 13.8 Å². The molecular formula is C16H15F3N2O4S. The van der Waals surface area contributed by atoms with Gasteiger partial charge in [0.1, 0.15) is 6.04 Å². The molecule has 0 fully saturated rings. The normalized spacial score (nSPS) is 13.4. The number of alkyl halides is 3. The summed E-state index contributed by atoms with van der Waals surface area (Å²) in [6.07, 6.45) is -4.56. The molecule has 0 heterocycles. The van der Waals surface area contributed by atoms with Crippen molar-refractivity contribution in [1.82, 2.24) is 10.3 Å². The third kappa shape index (κ3) is 4.81. The lowest BCUT2D eigenvalue weighted by molar-refractivity contribution is -0.139. The van der Waals surface area contributed by atoms with E-state index in [1.165, 1.54) is 12.1 Å². The van der Waals surface area contributed by atoms with E-state index in [1.54, 1.807) is 19.1 Å². The first-order chi connectivity index (χ1) is 12.0. The van der Waals surface area contributed by atoms with Crippen molar-refractivity contribution in [3.8, 4) is 0 Å². The summed E-state index contributed by atoms with van der Waals surface area (Å²) >= 11 is 0. The van der Waals surface area contributed by atoms with E-state index in [1.807, 2.05) is 4.83 Å². The van der Waals surface area contributed by atoms with Crippen LogP contribution in [-0.2, 0) is 21.0 Å². The largest absolute Gasteiger partial charge is 0.480 e. The minimum absolute atomic E-state index is 0.0443. The van der Waals surface area contributed by atoms with Gasteiger partial charge in [0.25, 0.3) is 10.0 Å². The molecule has 1 unspecified atom stereocenters. The van der Waals surface area contributed by atoms with Crippen molar-refractivity contribution < 1.29 is 31.5 Å². The van der Waals surface area contributed by atoms with Gasteiger partial charge in [0.15, 0.2) is 0 Å². The number of hydrogen-bond acceptors (Lipinski definition) is 4. The highest BCUT2D eigenvalue weighted by Crippen LogP contribution is 2.30. The fourth-order valence-electron chi connectivity index (χ4n) is 2.07. The second-order valence-corrected chi connectivity index (χ2v) is 7.14. The molecule has 0 aromatic heterocycles. The summed E-state index contributed by atoms with van der Waals surface area (Å²) in [4.78, 5) is 13.2. The summed E-state index contributed by atoms with van der Waals surface area (Å²) in [5.41, 5.74) is 1.98. The monoisotopic (exact) mass is 388 g/mol. The lowest BCUT2D eigenvalue weighted by atomic mass is 10.1. The van der Waals surface area contributed by atoms with Crippen LogP contribution in [0.5, 0.6) is 0 Å². The molecule has 0 saturated carbocycles. The molecule has 0 saturated heterocycles. The van der Waals surface area contributed by atoms with Gasteiger partial charge >= 0.3 is 12.1 Å². The lowest BCUT2D eigenvalue weighted by Crippen LogP contribution is -2.42. The smallest absolute Gasteiger partial charge is 0.416 e. The number of hydrazine groups is 1. The maximum absolute atomic E-state index is 12.6. The summed E-state index contributed by atoms with van der Waals surface area (Å²) in [5, 5.41) is 9.24. The highest BCUT2D eigenvalue weighted by atomic mass is 32.2. The Morgan fingerprint density at radius 2 is 1.58 bits per heavy atom. The fourth-order valence-corrected chi connectivity index (χ4v) is 2.95. The Kier molecular flexibility index (Phi) is 5.69. The zero-order chi connectivity index (χ0) is 19.5. The highest BCUT2D eigenvalue weighted by molar-refractivity contribution is 7.89. The van der Waals surface area contributed by atoms with Gasteiger partial charge in [0.2, 0.25) is 0 Å². The number of nitrogens with one attached hydrogen (secondary N) is 2. The second kappa shape index (κ2) is 7.44. The fraction of sp³-hybridized carbons (Fsp3) is 0.188. The van der Waals surface area contributed by atoms with Crippen molar-refractivity contribution in [2.75, 3.05) is 0 Å². The van der Waals surface area contributed by atoms with Crippen molar-refractivity contribution in [2.45, 2.75) is 24.0 Å². The molecule has 0 radical (unpaired) electrons. The third-order valence-electron chi connectivity index (χ3n) is 3.49. The van der Waals surface area contributed by atoms with Gasteiger partial charge in [0, 0.05) is 0 Å². The molecule has 0 bridgehead atoms. The Hall–Kier alpha value is -2.43. The van der Waals surface area contributed by atoms with Crippen molar-refractivity contribution >= 4 is 16.0 Å². The van der Waals surface area contributed by atoms with Crippen LogP contribution >= 0.6 is 0 Å². The number of rotatable bonds is 6. The first-order valence-corrected chi connectivity index (χ1v) is 8.73. The molecule has 2 aromatic carbocycles. The van der Waals surface area contributed by atoms with Gasteiger partial charge < -0.3 is 5.11 Å². The molecule has 10 heteroatoms. The van der Waals surface area contributed by atoms with Gasteiger partial charge in [-0.2, -0.15) is 13.2 Å². The summed E-state index contributed by atoms with van der Waals surface area (Å²) in [6.45, 7) is 1.77. The maximum atomic E-state index is 12.6. The number of aliphatic carboxylic acids is 1. The predicted molar refractivity (Wildman–Crippen MR) is 86.5 cm³/mol. The number of aryl methyl sites for hydroxylation is 1. The molecule has 26 heavy (non-hydrogen) atoms. The molecule has 3 N–H and O–H groups in total. The number of halogens is 3. The van der Waals surface area contributed by atoms with Crippen LogP contribution in [0.3, 0.4) is 0 Å². The maximum Gasteiger partial charge on any atom is 0.416 e. The third-order valence-corrected chi connectivity index (χ3v) is 4.77. The SMILES string of the molecule is Cc1ccc(S(=O)(=O)NNC(C(=O)O)c2ccc(C(F)(F)F)cc2)cc1. The van der Waals surface area contributed by atoms with E-state index in [2.05, 4.69) is 5.43 Å². The second-order valence-electron chi connectivity index (χ2n) is 5.45. The number of carboxylic acid groups (broad SMARTS) is 1. The van der Waals surface area contributed by atoms with E-state index in [-0.39, 0.29) is 10.5 Å². The van der Waals surface area contributed by atoms with E-state index in [9.17, 15) is 31.5 Å². The van der Waals surface area contributed by atoms with Crippen LogP contribution in [-0.4, -0.2) is 19.5 Å². The molecule has 0 aliphatic heterocycles. The number of sulfonamides is 1. The molecule has 0 spiro atoms. The Morgan fingerprint density at radius 1 is 1.04 bits per heavy atom. The number of benzene rings is 2. The molecule has 6 nitrogen and oxygen atoms in total. The van der Waals surface area contributed by atoms with Gasteiger partial charge in [-0.05, 0) is 36.8 Å². The van der Waals surface area contributed by atoms with Crippen molar-refractivity contribution in [2.24, 2.45) is 0 Å². The Bertz CT molecular complexity index is 879. The molecular weight excluding hydrogens is 373 g/mol. The molecule has 0 aliphatic carbocycles. The standard InChI is InChI=1S/C16H15F3N2O4S/c1-10-2-8-13(9-3-10)26(24,25)21-20-14(15(22)23)11-4-6-12(7-5-11)16(17,18)19/h2-9,14,20-21H,1H3,(H,22,23). The van der Waals surface area contributed by atoms with Crippen LogP contribution in [0.15, 0.2) is 53.4 Å². The van der Waals surface area contributed by atoms with Crippen molar-refractivity contribution in [3.05, 3.63) is 65.2 Å². The van der Waals surface area contributed by atoms with Crippen LogP contribution in [0.25, 0.3) is 0 Å². The molecule has 2 rings (SSSR count). The molecule has 2 aromatic rings. The van der Waals surface area contributed by atoms with Crippen LogP contribution in [0.1, 0.15) is 22.7 Å². The van der Waals surface area contributed by atoms with Crippen LogP contribution < -0.4 is 10.3 Å². The highest BCUT2D eigenvalue weighted by Gasteiger charge is 2.31. The molecule has 1 atom stereocenters. The van der Waals surface area contributed by atoms with Gasteiger partial charge in [-0.3, -0.25) is 4.79 Å². The average Bonchev–Trinajstić information content (AvgIpc) is 2.54. The quantitative estimate of drug-likeness (QED) is 0.662. The van der Waals surface area contributed by atoms with Crippen molar-refractivity contribution in [1.29, 1.82) is 0 Å². The summed E-state index contributed by atoms with van der Waals surface area (Å²) < 4.78 is 62.1. The summed E-state index contributed by atoms with van der Waals surface area (Å²) in [6, 6.07) is 7.63. The summed E-state index contributed by atoms with van der Waals surface area (Å²) in [5.74, 6) is -1.46. The van der Waals surface area contributed by atoms with E-state index >= 15 is 0 Å². The molecule has 0 amide bonds. The van der Waals surface area contributed by atoms with Gasteiger partial charge in [-0.1, -0.05) is 29.8 Å². The summed E-state index contributed by atoms with van der Waals surface area (Å²) in [7, 11) is -4.05. The van der Waals surface area contributed by atoms with Crippen LogP contribution in [0, 0.1) is 6.92 Å². The van der Waals surface area contributed by atoms with E-state index in [0.717, 1.165) is 29.8 Å². The van der Waals surface area contributed by atoms with Crippen LogP contribution in [0.2, 0.25) is 0 Å². The molecule has 0 aliphatic rings. The number of hydrogen-bond donors (Lipinski definition) is 3. The first-order valence-electron chi connectivity index (χ1n) is 7.25. The number of carboxylic acids is 1. The Balaban J connectivity index is 2.18. The zero-order valence-corrected chi connectivity index (χ0v) is 14.2. The zero-order valence-electron chi connectivity index (χ0n) is 13.4. The van der Waals surface area contributed by atoms with Crippen LogP contribution in [0.4, 0.5) is 13.2 Å². The average molecular weight is 388 g/mol. The van der Waals surface area contributed by atoms with Crippen molar-refractivity contribution in [3.63, 3.8) is 0 Å². The minimum Gasteiger partial charge on any atom is -0.480 e. The van der Waals surface area contributed by atoms with E-state index in [0.29, 0.717) is 0 Å². The predicted octanol–water partition coefficient (Wildman–Crippen LogP) is 2.62. The Labute approximate surface area is 147 Å². The minimum atomic E-state index is -4.56. The molecule has 140 valence electrons. The first kappa shape index (κ1) is 19.9. The van der Waals surface area contributed by atoms with Gasteiger partial charge in [0.05, 0.1) is 10.5 Å². The topological polar surface area (TPSA) is 95.5 Å². The lowest BCUT2D eigenvalue weighted by Gasteiger charge is -2.17. The Morgan fingerprint density at radius 3 is 2.04 bits per heavy atom.